The lowest BCUT2D eigenvalue weighted by atomic mass is 10.1. The average Bonchev–Trinajstić information content (AvgIpc) is 3.48. The van der Waals surface area contributed by atoms with E-state index in [-0.39, 0.29) is 36.3 Å². The molecule has 0 unspecified atom stereocenters. The van der Waals surface area contributed by atoms with Gasteiger partial charge in [0.05, 0.1) is 6.54 Å². The van der Waals surface area contributed by atoms with Gasteiger partial charge in [0.1, 0.15) is 0 Å². The summed E-state index contributed by atoms with van der Waals surface area (Å²) >= 11 is 0. The van der Waals surface area contributed by atoms with Gasteiger partial charge in [0, 0.05) is 50.2 Å². The monoisotopic (exact) mass is 398 g/mol. The fourth-order valence-corrected chi connectivity index (χ4v) is 4.43. The fraction of sp³-hybridized carbons (Fsp3) is 0.591. The van der Waals surface area contributed by atoms with Crippen molar-refractivity contribution in [1.82, 2.24) is 20.4 Å². The van der Waals surface area contributed by atoms with Gasteiger partial charge in [-0.2, -0.15) is 0 Å². The van der Waals surface area contributed by atoms with Crippen LogP contribution in [0.3, 0.4) is 0 Å². The molecule has 3 amide bonds. The van der Waals surface area contributed by atoms with Crippen LogP contribution in [0.15, 0.2) is 30.3 Å². The highest BCUT2D eigenvalue weighted by Gasteiger charge is 2.38. The lowest BCUT2D eigenvalue weighted by Crippen LogP contribution is -2.51. The van der Waals surface area contributed by atoms with Crippen LogP contribution in [0.1, 0.15) is 42.5 Å². The van der Waals surface area contributed by atoms with Gasteiger partial charge in [-0.25, -0.2) is 0 Å². The molecule has 2 saturated heterocycles. The predicted molar refractivity (Wildman–Crippen MR) is 109 cm³/mol. The minimum atomic E-state index is -0.0765. The number of rotatable bonds is 7. The summed E-state index contributed by atoms with van der Waals surface area (Å²) < 4.78 is 0. The molecule has 156 valence electrons. The second-order valence-electron chi connectivity index (χ2n) is 8.47. The van der Waals surface area contributed by atoms with Crippen molar-refractivity contribution in [2.24, 2.45) is 5.92 Å². The Morgan fingerprint density at radius 2 is 1.83 bits per heavy atom. The van der Waals surface area contributed by atoms with Crippen molar-refractivity contribution in [1.29, 1.82) is 0 Å². The molecule has 1 aromatic rings. The highest BCUT2D eigenvalue weighted by Crippen LogP contribution is 2.35. The average molecular weight is 399 g/mol. The van der Waals surface area contributed by atoms with Crippen molar-refractivity contribution < 1.29 is 14.4 Å². The van der Waals surface area contributed by atoms with E-state index in [2.05, 4.69) is 15.5 Å². The predicted octanol–water partition coefficient (Wildman–Crippen LogP) is 1.01. The number of nitrogens with zero attached hydrogens (tertiary/aromatic N) is 2. The number of likely N-dealkylation sites (tertiary alicyclic amines) is 1. The van der Waals surface area contributed by atoms with Crippen molar-refractivity contribution in [3.63, 3.8) is 0 Å². The normalized spacial score (nSPS) is 25.0. The van der Waals surface area contributed by atoms with E-state index in [4.69, 9.17) is 0 Å². The topological polar surface area (TPSA) is 81.8 Å². The zero-order chi connectivity index (χ0) is 20.2. The summed E-state index contributed by atoms with van der Waals surface area (Å²) in [6.45, 7) is 2.91. The number of hydrogen-bond donors (Lipinski definition) is 2. The van der Waals surface area contributed by atoms with Gasteiger partial charge in [-0.15, -0.1) is 0 Å². The van der Waals surface area contributed by atoms with Gasteiger partial charge in [0.2, 0.25) is 11.8 Å². The summed E-state index contributed by atoms with van der Waals surface area (Å²) in [4.78, 5) is 40.9. The van der Waals surface area contributed by atoms with Gasteiger partial charge in [0.25, 0.3) is 5.91 Å². The standard InChI is InChI=1S/C22H30N4O3/c27-20-15-25(11-10-23-20)21(28)12-18-8-9-19(26(18)14-16-6-7-16)13-24-22(29)17-4-2-1-3-5-17/h1-5,16,18-19H,6-15H2,(H,23,27)(H,24,29)/t18-,19+/m1/s1. The van der Waals surface area contributed by atoms with Crippen LogP contribution in [-0.4, -0.2) is 72.3 Å². The molecule has 1 aromatic carbocycles. The summed E-state index contributed by atoms with van der Waals surface area (Å²) in [5.41, 5.74) is 0.675. The maximum atomic E-state index is 12.8. The first kappa shape index (κ1) is 19.9. The van der Waals surface area contributed by atoms with Crippen LogP contribution in [0.2, 0.25) is 0 Å². The lowest BCUT2D eigenvalue weighted by Gasteiger charge is -2.32. The highest BCUT2D eigenvalue weighted by molar-refractivity contribution is 5.94. The van der Waals surface area contributed by atoms with Gasteiger partial charge in [-0.3, -0.25) is 19.3 Å². The Morgan fingerprint density at radius 3 is 2.55 bits per heavy atom. The summed E-state index contributed by atoms with van der Waals surface area (Å²) in [5, 5.41) is 5.85. The van der Waals surface area contributed by atoms with E-state index in [9.17, 15) is 14.4 Å². The number of carbonyl (C=O) groups is 3. The van der Waals surface area contributed by atoms with Crippen molar-refractivity contribution >= 4 is 17.7 Å². The Hall–Kier alpha value is -2.41. The largest absolute Gasteiger partial charge is 0.353 e. The maximum Gasteiger partial charge on any atom is 0.251 e. The number of benzene rings is 1. The number of hydrogen-bond acceptors (Lipinski definition) is 4. The summed E-state index contributed by atoms with van der Waals surface area (Å²) in [6.07, 6.45) is 4.92. The minimum absolute atomic E-state index is 0.0455. The molecule has 7 nitrogen and oxygen atoms in total. The van der Waals surface area contributed by atoms with Crippen LogP contribution in [0.25, 0.3) is 0 Å². The van der Waals surface area contributed by atoms with E-state index >= 15 is 0 Å². The number of amides is 3. The van der Waals surface area contributed by atoms with Crippen LogP contribution in [-0.2, 0) is 9.59 Å². The Labute approximate surface area is 171 Å². The Kier molecular flexibility index (Phi) is 6.13. The third kappa shape index (κ3) is 5.15. The van der Waals surface area contributed by atoms with Crippen LogP contribution >= 0.6 is 0 Å². The Bertz CT molecular complexity index is 750. The molecule has 3 aliphatic rings. The van der Waals surface area contributed by atoms with Crippen LogP contribution < -0.4 is 10.6 Å². The van der Waals surface area contributed by atoms with Gasteiger partial charge in [-0.05, 0) is 43.7 Å². The van der Waals surface area contributed by atoms with Crippen molar-refractivity contribution in [3.05, 3.63) is 35.9 Å². The zero-order valence-corrected chi connectivity index (χ0v) is 16.8. The quantitative estimate of drug-likeness (QED) is 0.718. The molecule has 1 saturated carbocycles. The van der Waals surface area contributed by atoms with Gasteiger partial charge in [0.15, 0.2) is 0 Å². The van der Waals surface area contributed by atoms with E-state index in [1.54, 1.807) is 4.90 Å². The number of nitrogens with one attached hydrogen (secondary N) is 2. The summed E-state index contributed by atoms with van der Waals surface area (Å²) in [7, 11) is 0. The second kappa shape index (κ2) is 8.95. The minimum Gasteiger partial charge on any atom is -0.353 e. The molecule has 4 rings (SSSR count). The first-order valence-corrected chi connectivity index (χ1v) is 10.7. The third-order valence-electron chi connectivity index (χ3n) is 6.27. The molecule has 2 heterocycles. The molecule has 0 aromatic heterocycles. The van der Waals surface area contributed by atoms with Crippen molar-refractivity contribution in [2.75, 3.05) is 32.7 Å². The lowest BCUT2D eigenvalue weighted by molar-refractivity contribution is -0.139. The van der Waals surface area contributed by atoms with E-state index in [0.717, 1.165) is 25.3 Å². The smallest absolute Gasteiger partial charge is 0.251 e. The zero-order valence-electron chi connectivity index (χ0n) is 16.8. The molecule has 1 aliphatic carbocycles. The van der Waals surface area contributed by atoms with E-state index < -0.39 is 0 Å². The molecule has 0 radical (unpaired) electrons. The molecule has 7 heteroatoms. The van der Waals surface area contributed by atoms with Crippen molar-refractivity contribution in [3.8, 4) is 0 Å². The van der Waals surface area contributed by atoms with E-state index in [1.807, 2.05) is 30.3 Å². The van der Waals surface area contributed by atoms with Crippen LogP contribution in [0, 0.1) is 5.92 Å². The SMILES string of the molecule is O=C1CN(C(=O)C[C@H]2CC[C@@H](CNC(=O)c3ccccc3)N2CC2CC2)CCN1. The number of carbonyl (C=O) groups excluding carboxylic acids is 3. The van der Waals surface area contributed by atoms with Gasteiger partial charge in [-0.1, -0.05) is 18.2 Å². The third-order valence-corrected chi connectivity index (χ3v) is 6.27. The van der Waals surface area contributed by atoms with Crippen LogP contribution in [0.4, 0.5) is 0 Å². The first-order chi connectivity index (χ1) is 14.1. The second-order valence-corrected chi connectivity index (χ2v) is 8.47. The van der Waals surface area contributed by atoms with Gasteiger partial charge < -0.3 is 15.5 Å². The van der Waals surface area contributed by atoms with E-state index in [0.29, 0.717) is 31.6 Å². The molecule has 3 fully saturated rings. The molecule has 2 atom stereocenters. The van der Waals surface area contributed by atoms with E-state index in [1.165, 1.54) is 12.8 Å². The molecule has 0 spiro atoms. The molecular weight excluding hydrogens is 368 g/mol. The highest BCUT2D eigenvalue weighted by atomic mass is 16.2. The fourth-order valence-electron chi connectivity index (χ4n) is 4.43. The molecular formula is C22H30N4O3. The Morgan fingerprint density at radius 1 is 1.07 bits per heavy atom. The van der Waals surface area contributed by atoms with Gasteiger partial charge >= 0.3 is 0 Å². The number of piperazine rings is 1. The molecule has 2 aliphatic heterocycles. The maximum absolute atomic E-state index is 12.8. The molecule has 0 bridgehead atoms. The molecule has 29 heavy (non-hydrogen) atoms. The molecule has 2 N–H and O–H groups in total. The summed E-state index contributed by atoms with van der Waals surface area (Å²) in [6, 6.07) is 9.75. The van der Waals surface area contributed by atoms with Crippen molar-refractivity contribution in [2.45, 2.75) is 44.2 Å². The Balaban J connectivity index is 1.34. The summed E-state index contributed by atoms with van der Waals surface area (Å²) in [5.74, 6) is 0.668. The van der Waals surface area contributed by atoms with Crippen LogP contribution in [0.5, 0.6) is 0 Å². The first-order valence-electron chi connectivity index (χ1n) is 10.7.